The van der Waals surface area contributed by atoms with Crippen LogP contribution >= 0.6 is 0 Å². The molecule has 4 aromatic heterocycles. The molecule has 4 rings (SSSR count). The smallest absolute Gasteiger partial charge is 0.261 e. The summed E-state index contributed by atoms with van der Waals surface area (Å²) >= 11 is 0. The fourth-order valence-electron chi connectivity index (χ4n) is 3.64. The zero-order valence-corrected chi connectivity index (χ0v) is 19.8. The monoisotopic (exact) mass is 444 g/mol. The Morgan fingerprint density at radius 1 is 1.09 bits per heavy atom. The molecule has 0 spiro atoms. The maximum Gasteiger partial charge on any atom is 0.261 e. The molecule has 0 aromatic carbocycles. The van der Waals surface area contributed by atoms with Crippen LogP contribution < -0.4 is 10.3 Å². The number of pyridine rings is 2. The largest absolute Gasteiger partial charge is 0.487 e. The number of hydrogen-bond donors (Lipinski definition) is 0. The Hall–Kier alpha value is -3.81. The van der Waals surface area contributed by atoms with Crippen molar-refractivity contribution < 1.29 is 4.74 Å². The van der Waals surface area contributed by atoms with Crippen LogP contribution in [0.4, 0.5) is 0 Å². The summed E-state index contributed by atoms with van der Waals surface area (Å²) in [6, 6.07) is 7.49. The summed E-state index contributed by atoms with van der Waals surface area (Å²) in [6.07, 6.45) is 5.38. The Bertz CT molecular complexity index is 1370. The minimum Gasteiger partial charge on any atom is -0.487 e. The van der Waals surface area contributed by atoms with Gasteiger partial charge in [-0.15, -0.1) is 0 Å². The van der Waals surface area contributed by atoms with E-state index in [0.29, 0.717) is 23.6 Å². The van der Waals surface area contributed by atoms with Crippen molar-refractivity contribution in [2.45, 2.75) is 47.1 Å². The highest BCUT2D eigenvalue weighted by Crippen LogP contribution is 2.24. The van der Waals surface area contributed by atoms with Crippen molar-refractivity contribution >= 4 is 0 Å². The van der Waals surface area contributed by atoms with E-state index in [1.807, 2.05) is 57.6 Å². The fourth-order valence-corrected chi connectivity index (χ4v) is 3.64. The van der Waals surface area contributed by atoms with E-state index in [4.69, 9.17) is 9.72 Å². The van der Waals surface area contributed by atoms with Crippen LogP contribution in [0.3, 0.4) is 0 Å². The number of nitrogens with zero attached hydrogens (tertiary/aromatic N) is 6. The summed E-state index contributed by atoms with van der Waals surface area (Å²) in [5.41, 5.74) is 5.11. The predicted octanol–water partition coefficient (Wildman–Crippen LogP) is 4.05. The summed E-state index contributed by atoms with van der Waals surface area (Å²) in [5.74, 6) is 1.53. The predicted molar refractivity (Wildman–Crippen MR) is 127 cm³/mol. The number of rotatable bonds is 6. The van der Waals surface area contributed by atoms with E-state index in [2.05, 4.69) is 28.9 Å². The lowest BCUT2D eigenvalue weighted by atomic mass is 10.1. The van der Waals surface area contributed by atoms with Gasteiger partial charge in [0.25, 0.3) is 5.56 Å². The minimum atomic E-state index is -0.134. The first-order chi connectivity index (χ1) is 15.7. The molecule has 0 fully saturated rings. The molecule has 0 aliphatic heterocycles. The molecule has 0 aliphatic rings. The number of ether oxygens (including phenoxy) is 1. The second kappa shape index (κ2) is 8.97. The third kappa shape index (κ3) is 4.55. The van der Waals surface area contributed by atoms with Crippen molar-refractivity contribution in [1.29, 1.82) is 0 Å². The number of aromatic nitrogens is 6. The molecular formula is C25H28N6O2. The minimum absolute atomic E-state index is 0.134. The van der Waals surface area contributed by atoms with Gasteiger partial charge in [0.2, 0.25) is 0 Å². The summed E-state index contributed by atoms with van der Waals surface area (Å²) in [6.45, 7) is 10.0. The zero-order valence-electron chi connectivity index (χ0n) is 19.8. The van der Waals surface area contributed by atoms with E-state index in [-0.39, 0.29) is 11.5 Å². The topological polar surface area (TPSA) is 87.7 Å². The second-order valence-electron chi connectivity index (χ2n) is 8.50. The Balaban J connectivity index is 1.71. The molecule has 4 heterocycles. The molecule has 0 saturated carbocycles. The normalized spacial score (nSPS) is 11.2. The van der Waals surface area contributed by atoms with Crippen LogP contribution in [0.5, 0.6) is 5.75 Å². The van der Waals surface area contributed by atoms with E-state index >= 15 is 0 Å². The van der Waals surface area contributed by atoms with Gasteiger partial charge in [-0.2, -0.15) is 5.10 Å². The third-order valence-electron chi connectivity index (χ3n) is 5.48. The van der Waals surface area contributed by atoms with E-state index in [1.165, 1.54) is 0 Å². The Kier molecular flexibility index (Phi) is 6.09. The van der Waals surface area contributed by atoms with Crippen LogP contribution in [0, 0.1) is 20.8 Å². The first-order valence-electron chi connectivity index (χ1n) is 10.9. The molecule has 0 atom stereocenters. The van der Waals surface area contributed by atoms with Crippen LogP contribution in [0.15, 0.2) is 47.7 Å². The van der Waals surface area contributed by atoms with Crippen LogP contribution in [0.2, 0.25) is 0 Å². The van der Waals surface area contributed by atoms with E-state index in [0.717, 1.165) is 34.2 Å². The fraction of sp³-hybridized carbons (Fsp3) is 0.320. The van der Waals surface area contributed by atoms with Crippen LogP contribution in [-0.4, -0.2) is 29.3 Å². The lowest BCUT2D eigenvalue weighted by molar-refractivity contribution is 0.296. The molecule has 4 aromatic rings. The molecule has 0 amide bonds. The van der Waals surface area contributed by atoms with Gasteiger partial charge in [0, 0.05) is 43.3 Å². The molecule has 0 saturated heterocycles. The molecule has 170 valence electrons. The van der Waals surface area contributed by atoms with E-state index < -0.39 is 0 Å². The zero-order chi connectivity index (χ0) is 23.7. The summed E-state index contributed by atoms with van der Waals surface area (Å²) < 4.78 is 9.31. The van der Waals surface area contributed by atoms with Crippen LogP contribution in [0.25, 0.3) is 17.1 Å². The Labute approximate surface area is 192 Å². The van der Waals surface area contributed by atoms with Gasteiger partial charge in [-0.3, -0.25) is 19.0 Å². The van der Waals surface area contributed by atoms with Crippen molar-refractivity contribution in [3.63, 3.8) is 0 Å². The number of aryl methyl sites for hydroxylation is 3. The summed E-state index contributed by atoms with van der Waals surface area (Å²) in [4.78, 5) is 27.0. The molecule has 8 heteroatoms. The first-order valence-corrected chi connectivity index (χ1v) is 10.9. The van der Waals surface area contributed by atoms with Crippen molar-refractivity contribution in [1.82, 2.24) is 29.3 Å². The van der Waals surface area contributed by atoms with Gasteiger partial charge in [-0.05, 0) is 44.5 Å². The second-order valence-corrected chi connectivity index (χ2v) is 8.50. The third-order valence-corrected chi connectivity index (χ3v) is 5.48. The molecule has 33 heavy (non-hydrogen) atoms. The molecular weight excluding hydrogens is 416 g/mol. The highest BCUT2D eigenvalue weighted by atomic mass is 16.5. The lowest BCUT2D eigenvalue weighted by Gasteiger charge is -2.16. The van der Waals surface area contributed by atoms with Crippen molar-refractivity contribution in [2.75, 3.05) is 0 Å². The summed E-state index contributed by atoms with van der Waals surface area (Å²) in [5, 5.41) is 4.32. The lowest BCUT2D eigenvalue weighted by Crippen LogP contribution is -2.23. The van der Waals surface area contributed by atoms with Gasteiger partial charge in [0.05, 0.1) is 28.3 Å². The Morgan fingerprint density at radius 2 is 1.88 bits per heavy atom. The van der Waals surface area contributed by atoms with Gasteiger partial charge in [-0.25, -0.2) is 9.97 Å². The van der Waals surface area contributed by atoms with Gasteiger partial charge in [0.15, 0.2) is 0 Å². The molecule has 0 aliphatic carbocycles. The highest BCUT2D eigenvalue weighted by Gasteiger charge is 2.15. The Morgan fingerprint density at radius 3 is 2.58 bits per heavy atom. The van der Waals surface area contributed by atoms with Crippen LogP contribution in [-0.2, 0) is 13.7 Å². The molecule has 0 unspecified atom stereocenters. The van der Waals surface area contributed by atoms with Crippen molar-refractivity contribution in [2.24, 2.45) is 7.05 Å². The maximum atomic E-state index is 13.3. The van der Waals surface area contributed by atoms with Gasteiger partial charge in [-0.1, -0.05) is 13.8 Å². The standard InChI is InChI=1S/C25H28N6O2/c1-15(2)24-27-13-16(3)23(28-24)21-12-20(7-9-26-21)31-17(4)11-22(18(5)25(31)32)33-14-19-8-10-30(6)29-19/h7-13,15H,14H2,1-6H3. The van der Waals surface area contributed by atoms with E-state index in [9.17, 15) is 4.79 Å². The maximum absolute atomic E-state index is 13.3. The first kappa shape index (κ1) is 22.4. The van der Waals surface area contributed by atoms with Gasteiger partial charge < -0.3 is 4.74 Å². The molecule has 8 nitrogen and oxygen atoms in total. The molecule has 0 radical (unpaired) electrons. The average molecular weight is 445 g/mol. The average Bonchev–Trinajstić information content (AvgIpc) is 3.21. The SMILES string of the molecule is Cc1cnc(C(C)C)nc1-c1cc(-n2c(C)cc(OCc3ccn(C)n3)c(C)c2=O)ccn1. The molecule has 0 N–H and O–H groups in total. The quantitative estimate of drug-likeness (QED) is 0.446. The number of hydrogen-bond acceptors (Lipinski definition) is 6. The highest BCUT2D eigenvalue weighted by molar-refractivity contribution is 5.61. The van der Waals surface area contributed by atoms with Crippen LogP contribution in [0.1, 0.15) is 48.1 Å². The summed E-state index contributed by atoms with van der Waals surface area (Å²) in [7, 11) is 1.86. The van der Waals surface area contributed by atoms with Gasteiger partial charge in [0.1, 0.15) is 18.2 Å². The van der Waals surface area contributed by atoms with E-state index in [1.54, 1.807) is 22.4 Å². The van der Waals surface area contributed by atoms with Crippen molar-refractivity contribution in [3.05, 3.63) is 81.5 Å². The molecule has 0 bridgehead atoms. The van der Waals surface area contributed by atoms with Crippen molar-refractivity contribution in [3.8, 4) is 22.8 Å². The van der Waals surface area contributed by atoms with Gasteiger partial charge >= 0.3 is 0 Å².